The molecule has 0 aliphatic carbocycles. The Morgan fingerprint density at radius 1 is 1.00 bits per heavy atom. The quantitative estimate of drug-likeness (QED) is 0.677. The zero-order chi connectivity index (χ0) is 5.91. The third-order valence-corrected chi connectivity index (χ3v) is 0.671. The molecule has 0 aliphatic heterocycles. The Morgan fingerprint density at radius 2 is 1.22 bits per heavy atom. The summed E-state index contributed by atoms with van der Waals surface area (Å²) in [5.41, 5.74) is -0.806. The van der Waals surface area contributed by atoms with Gasteiger partial charge in [-0.3, -0.25) is 0 Å². The molecular formula is C5H10O2Y2-2. The average Bonchev–Trinajstić information content (AvgIpc) is 1.68. The second-order valence-electron chi connectivity index (χ2n) is 1.82. The van der Waals surface area contributed by atoms with Crippen LogP contribution in [-0.4, -0.2) is 23.4 Å². The van der Waals surface area contributed by atoms with E-state index in [1.165, 1.54) is 0 Å². The Morgan fingerprint density at radius 3 is 1.22 bits per heavy atom. The Hall–Kier alpha value is 2.13. The Balaban J connectivity index is -0.000000180. The number of aliphatic hydroxyl groups is 2. The molecule has 0 heterocycles. The molecule has 0 rings (SSSR count). The van der Waals surface area contributed by atoms with Crippen molar-refractivity contribution in [2.24, 2.45) is 5.41 Å². The van der Waals surface area contributed by atoms with E-state index in [0.717, 1.165) is 0 Å². The van der Waals surface area contributed by atoms with Crippen molar-refractivity contribution in [2.45, 2.75) is 0 Å². The van der Waals surface area contributed by atoms with Crippen molar-refractivity contribution < 1.29 is 75.6 Å². The van der Waals surface area contributed by atoms with Crippen molar-refractivity contribution in [3.63, 3.8) is 0 Å². The molecule has 50 valence electrons. The fourth-order valence-corrected chi connectivity index (χ4v) is 0.0500. The first kappa shape index (κ1) is 17.3. The van der Waals surface area contributed by atoms with E-state index in [1.54, 1.807) is 0 Å². The number of hydrogen-bond donors (Lipinski definition) is 2. The van der Waals surface area contributed by atoms with Crippen molar-refractivity contribution in [3.05, 3.63) is 13.8 Å². The topological polar surface area (TPSA) is 40.5 Å². The molecule has 0 saturated heterocycles. The summed E-state index contributed by atoms with van der Waals surface area (Å²) in [4.78, 5) is 0. The van der Waals surface area contributed by atoms with Crippen molar-refractivity contribution in [2.75, 3.05) is 13.2 Å². The van der Waals surface area contributed by atoms with E-state index in [1.807, 2.05) is 0 Å². The van der Waals surface area contributed by atoms with Gasteiger partial charge in [0.15, 0.2) is 0 Å². The summed E-state index contributed by atoms with van der Waals surface area (Å²) in [7, 11) is 0. The SMILES string of the molecule is [CH2-]C([CH2-])(CO)CO.[Y].[Y]. The van der Waals surface area contributed by atoms with E-state index in [0.29, 0.717) is 0 Å². The van der Waals surface area contributed by atoms with Crippen LogP contribution in [0.1, 0.15) is 0 Å². The summed E-state index contributed by atoms with van der Waals surface area (Å²) in [6.07, 6.45) is 0. The molecule has 0 aromatic carbocycles. The zero-order valence-corrected chi connectivity index (χ0v) is 11.1. The molecule has 2 N–H and O–H groups in total. The van der Waals surface area contributed by atoms with E-state index in [9.17, 15) is 0 Å². The van der Waals surface area contributed by atoms with Crippen LogP contribution in [0.5, 0.6) is 0 Å². The Bertz CT molecular complexity index is 50.9. The van der Waals surface area contributed by atoms with Crippen LogP contribution in [0.15, 0.2) is 0 Å². The van der Waals surface area contributed by atoms with Crippen LogP contribution in [0.3, 0.4) is 0 Å². The minimum atomic E-state index is -0.806. The minimum absolute atomic E-state index is 0. The third kappa shape index (κ3) is 10.1. The molecule has 0 saturated carbocycles. The molecule has 0 aromatic rings. The first-order valence-corrected chi connectivity index (χ1v) is 2.05. The van der Waals surface area contributed by atoms with Crippen LogP contribution < -0.4 is 0 Å². The van der Waals surface area contributed by atoms with Gasteiger partial charge in [0.2, 0.25) is 0 Å². The molecule has 9 heavy (non-hydrogen) atoms. The predicted octanol–water partition coefficient (Wildman–Crippen LogP) is -0.379. The van der Waals surface area contributed by atoms with Crippen LogP contribution in [0.2, 0.25) is 0 Å². The van der Waals surface area contributed by atoms with Gasteiger partial charge in [-0.15, -0.1) is 0 Å². The molecule has 0 fully saturated rings. The van der Waals surface area contributed by atoms with Gasteiger partial charge in [-0.2, -0.15) is 0 Å². The van der Waals surface area contributed by atoms with Crippen LogP contribution >= 0.6 is 0 Å². The molecule has 0 spiro atoms. The first-order chi connectivity index (χ1) is 3.12. The summed E-state index contributed by atoms with van der Waals surface area (Å²) in [5.74, 6) is 0. The van der Waals surface area contributed by atoms with Gasteiger partial charge in [0.25, 0.3) is 0 Å². The van der Waals surface area contributed by atoms with Gasteiger partial charge in [-0.05, 0) is 13.2 Å². The average molecular weight is 280 g/mol. The summed E-state index contributed by atoms with van der Waals surface area (Å²) in [6.45, 7) is 6.44. The Kier molecular flexibility index (Phi) is 15.8. The van der Waals surface area contributed by atoms with E-state index >= 15 is 0 Å². The number of hydrogen-bond acceptors (Lipinski definition) is 2. The molecule has 0 aromatic heterocycles. The first-order valence-electron chi connectivity index (χ1n) is 2.05. The molecule has 0 atom stereocenters. The molecule has 0 bridgehead atoms. The summed E-state index contributed by atoms with van der Waals surface area (Å²) in [6, 6.07) is 0. The van der Waals surface area contributed by atoms with Gasteiger partial charge in [0.1, 0.15) is 0 Å². The fourth-order valence-electron chi connectivity index (χ4n) is 0.0500. The molecular weight excluding hydrogens is 270 g/mol. The second-order valence-corrected chi connectivity index (χ2v) is 1.82. The third-order valence-electron chi connectivity index (χ3n) is 0.671. The van der Waals surface area contributed by atoms with Crippen LogP contribution in [0.25, 0.3) is 0 Å². The Labute approximate surface area is 107 Å². The largest absolute Gasteiger partial charge is 0.401 e. The molecule has 4 heteroatoms. The maximum absolute atomic E-state index is 8.31. The van der Waals surface area contributed by atoms with Gasteiger partial charge in [0, 0.05) is 65.4 Å². The van der Waals surface area contributed by atoms with Crippen LogP contribution in [0.4, 0.5) is 0 Å². The van der Waals surface area contributed by atoms with Gasteiger partial charge < -0.3 is 24.1 Å². The van der Waals surface area contributed by atoms with Crippen LogP contribution in [-0.2, 0) is 65.4 Å². The van der Waals surface area contributed by atoms with E-state index in [-0.39, 0.29) is 78.6 Å². The summed E-state index contributed by atoms with van der Waals surface area (Å²) in [5, 5.41) is 16.6. The maximum atomic E-state index is 8.31. The van der Waals surface area contributed by atoms with Gasteiger partial charge >= 0.3 is 0 Å². The molecule has 2 radical (unpaired) electrons. The summed E-state index contributed by atoms with van der Waals surface area (Å²) >= 11 is 0. The van der Waals surface area contributed by atoms with E-state index in [4.69, 9.17) is 10.2 Å². The minimum Gasteiger partial charge on any atom is -0.401 e. The molecule has 0 aliphatic rings. The standard InChI is InChI=1S/C5H10O2.2Y/c1-5(2,3-6)4-7;;/h6-7H,1-4H2;;/q-2;;. The number of rotatable bonds is 2. The monoisotopic (exact) mass is 280 g/mol. The number of aliphatic hydroxyl groups excluding tert-OH is 2. The van der Waals surface area contributed by atoms with Crippen molar-refractivity contribution >= 4 is 0 Å². The van der Waals surface area contributed by atoms with Gasteiger partial charge in [-0.1, -0.05) is 0 Å². The van der Waals surface area contributed by atoms with Crippen molar-refractivity contribution in [1.29, 1.82) is 0 Å². The summed E-state index contributed by atoms with van der Waals surface area (Å²) < 4.78 is 0. The smallest absolute Gasteiger partial charge is 0 e. The van der Waals surface area contributed by atoms with Crippen molar-refractivity contribution in [3.8, 4) is 0 Å². The fraction of sp³-hybridized carbons (Fsp3) is 0.600. The maximum Gasteiger partial charge on any atom is 0 e. The molecule has 0 amide bonds. The molecule has 0 unspecified atom stereocenters. The van der Waals surface area contributed by atoms with Crippen molar-refractivity contribution in [1.82, 2.24) is 0 Å². The van der Waals surface area contributed by atoms with Gasteiger partial charge in [-0.25, -0.2) is 5.41 Å². The molecule has 2 nitrogen and oxygen atoms in total. The van der Waals surface area contributed by atoms with Gasteiger partial charge in [0.05, 0.1) is 0 Å². The normalized spacial score (nSPS) is 9.33. The van der Waals surface area contributed by atoms with E-state index in [2.05, 4.69) is 13.8 Å². The van der Waals surface area contributed by atoms with E-state index < -0.39 is 5.41 Å². The predicted molar refractivity (Wildman–Crippen MR) is 27.3 cm³/mol. The zero-order valence-electron chi connectivity index (χ0n) is 5.38. The second kappa shape index (κ2) is 8.23. The van der Waals surface area contributed by atoms with Crippen LogP contribution in [0, 0.1) is 19.3 Å².